The number of imidazole rings is 1. The van der Waals surface area contributed by atoms with Crippen LogP contribution in [0.4, 0.5) is 0 Å². The molecular formula is C20H33N7O7S. The Morgan fingerprint density at radius 2 is 1.66 bits per heavy atom. The second kappa shape index (κ2) is 15.0. The summed E-state index contributed by atoms with van der Waals surface area (Å²) in [6.45, 7) is 1.30. The highest BCUT2D eigenvalue weighted by Crippen LogP contribution is 2.06. The van der Waals surface area contributed by atoms with Crippen LogP contribution in [0.5, 0.6) is 0 Å². The Labute approximate surface area is 206 Å². The molecule has 35 heavy (non-hydrogen) atoms. The van der Waals surface area contributed by atoms with Gasteiger partial charge in [0.1, 0.15) is 24.2 Å². The number of primary amides is 1. The van der Waals surface area contributed by atoms with Gasteiger partial charge in [-0.15, -0.1) is 0 Å². The van der Waals surface area contributed by atoms with Crippen LogP contribution in [-0.4, -0.2) is 92.1 Å². The van der Waals surface area contributed by atoms with Crippen LogP contribution in [0.25, 0.3) is 0 Å². The zero-order valence-corrected chi connectivity index (χ0v) is 20.3. The van der Waals surface area contributed by atoms with Crippen LogP contribution in [0.15, 0.2) is 12.5 Å². The molecule has 15 heteroatoms. The van der Waals surface area contributed by atoms with E-state index in [1.807, 2.05) is 0 Å². The summed E-state index contributed by atoms with van der Waals surface area (Å²) in [6.07, 6.45) is 3.06. The van der Waals surface area contributed by atoms with Gasteiger partial charge in [0.25, 0.3) is 0 Å². The van der Waals surface area contributed by atoms with E-state index in [0.717, 1.165) is 0 Å². The molecular weight excluding hydrogens is 482 g/mol. The number of hydrogen-bond donors (Lipinski definition) is 8. The number of H-pyrrole nitrogens is 1. The molecule has 5 atom stereocenters. The van der Waals surface area contributed by atoms with Crippen molar-refractivity contribution >= 4 is 41.4 Å². The van der Waals surface area contributed by atoms with Gasteiger partial charge in [-0.3, -0.25) is 19.2 Å². The van der Waals surface area contributed by atoms with Crippen LogP contribution in [0.1, 0.15) is 31.9 Å². The van der Waals surface area contributed by atoms with Gasteiger partial charge in [-0.05, 0) is 31.8 Å². The molecule has 0 saturated heterocycles. The molecule has 5 unspecified atom stereocenters. The number of nitrogens with one attached hydrogen (secondary N) is 4. The Hall–Kier alpha value is -3.17. The molecule has 10 N–H and O–H groups in total. The van der Waals surface area contributed by atoms with Crippen molar-refractivity contribution < 1.29 is 34.2 Å². The summed E-state index contributed by atoms with van der Waals surface area (Å²) in [4.78, 5) is 67.7. The van der Waals surface area contributed by atoms with Crippen molar-refractivity contribution in [3.8, 4) is 0 Å². The maximum Gasteiger partial charge on any atom is 0.326 e. The molecule has 4 amide bonds. The molecule has 0 bridgehead atoms. The van der Waals surface area contributed by atoms with Gasteiger partial charge >= 0.3 is 5.97 Å². The van der Waals surface area contributed by atoms with Crippen molar-refractivity contribution in [1.82, 2.24) is 25.9 Å². The number of aromatic nitrogens is 2. The lowest BCUT2D eigenvalue weighted by molar-refractivity contribution is -0.142. The van der Waals surface area contributed by atoms with E-state index in [1.165, 1.54) is 31.2 Å². The van der Waals surface area contributed by atoms with Gasteiger partial charge in [0, 0.05) is 24.7 Å². The lowest BCUT2D eigenvalue weighted by Gasteiger charge is -2.25. The number of aliphatic hydroxyl groups is 1. The SMILES string of the molecule is CSCCC(NC(=O)C(Cc1cnc[nH]1)NC(=O)C(CCC(N)=O)NC(=O)C(N)C(C)O)C(=O)O. The van der Waals surface area contributed by atoms with Crippen LogP contribution < -0.4 is 27.4 Å². The van der Waals surface area contributed by atoms with Gasteiger partial charge in [0.15, 0.2) is 0 Å². The average Bonchev–Trinajstić information content (AvgIpc) is 3.30. The van der Waals surface area contributed by atoms with E-state index in [0.29, 0.717) is 11.4 Å². The highest BCUT2D eigenvalue weighted by molar-refractivity contribution is 7.98. The van der Waals surface area contributed by atoms with Crippen molar-refractivity contribution in [3.05, 3.63) is 18.2 Å². The molecule has 0 aliphatic carbocycles. The second-order valence-corrected chi connectivity index (χ2v) is 8.84. The molecule has 0 aliphatic heterocycles. The van der Waals surface area contributed by atoms with Gasteiger partial charge in [-0.1, -0.05) is 0 Å². The normalized spacial score (nSPS) is 15.2. The van der Waals surface area contributed by atoms with Crippen molar-refractivity contribution in [2.75, 3.05) is 12.0 Å². The number of thioether (sulfide) groups is 1. The van der Waals surface area contributed by atoms with Crippen LogP contribution in [0.2, 0.25) is 0 Å². The van der Waals surface area contributed by atoms with E-state index in [4.69, 9.17) is 11.5 Å². The predicted molar refractivity (Wildman–Crippen MR) is 127 cm³/mol. The molecule has 0 fully saturated rings. The number of hydrogen-bond acceptors (Lipinski definition) is 9. The number of aliphatic hydroxyl groups excluding tert-OH is 1. The number of nitrogens with zero attached hydrogens (tertiary/aromatic N) is 1. The minimum absolute atomic E-state index is 0.0594. The summed E-state index contributed by atoms with van der Waals surface area (Å²) >= 11 is 1.42. The van der Waals surface area contributed by atoms with Gasteiger partial charge in [0.2, 0.25) is 23.6 Å². The van der Waals surface area contributed by atoms with Crippen LogP contribution in [-0.2, 0) is 30.4 Å². The van der Waals surface area contributed by atoms with Crippen molar-refractivity contribution in [2.24, 2.45) is 11.5 Å². The summed E-state index contributed by atoms with van der Waals surface area (Å²) in [5.74, 6) is -3.89. The van der Waals surface area contributed by atoms with Gasteiger partial charge in [0.05, 0.1) is 12.4 Å². The molecule has 1 rings (SSSR count). The molecule has 1 aromatic rings. The molecule has 1 aromatic heterocycles. The Morgan fingerprint density at radius 3 is 2.17 bits per heavy atom. The van der Waals surface area contributed by atoms with Gasteiger partial charge in [-0.2, -0.15) is 11.8 Å². The topological polar surface area (TPSA) is 243 Å². The summed E-state index contributed by atoms with van der Waals surface area (Å²) in [5.41, 5.74) is 11.3. The highest BCUT2D eigenvalue weighted by atomic mass is 32.2. The predicted octanol–water partition coefficient (Wildman–Crippen LogP) is -2.78. The number of rotatable bonds is 16. The van der Waals surface area contributed by atoms with E-state index in [2.05, 4.69) is 25.9 Å². The van der Waals surface area contributed by atoms with E-state index in [1.54, 1.807) is 6.26 Å². The monoisotopic (exact) mass is 515 g/mol. The number of carbonyl (C=O) groups is 5. The summed E-state index contributed by atoms with van der Waals surface area (Å²) < 4.78 is 0. The summed E-state index contributed by atoms with van der Waals surface area (Å²) in [7, 11) is 0. The third kappa shape index (κ3) is 10.7. The molecule has 0 aliphatic rings. The van der Waals surface area contributed by atoms with E-state index >= 15 is 0 Å². The van der Waals surface area contributed by atoms with Crippen LogP contribution in [0, 0.1) is 0 Å². The lowest BCUT2D eigenvalue weighted by Crippen LogP contribution is -2.58. The van der Waals surface area contributed by atoms with Gasteiger partial charge in [-0.25, -0.2) is 9.78 Å². The van der Waals surface area contributed by atoms with Crippen LogP contribution in [0.3, 0.4) is 0 Å². The summed E-state index contributed by atoms with van der Waals surface area (Å²) in [5, 5.41) is 26.2. The number of nitrogens with two attached hydrogens (primary N) is 2. The molecule has 0 aromatic carbocycles. The maximum absolute atomic E-state index is 13.0. The Kier molecular flexibility index (Phi) is 12.8. The fourth-order valence-electron chi connectivity index (χ4n) is 2.91. The smallest absolute Gasteiger partial charge is 0.326 e. The molecule has 14 nitrogen and oxygen atoms in total. The van der Waals surface area contributed by atoms with E-state index < -0.39 is 59.9 Å². The number of carboxylic acids is 1. The molecule has 1 heterocycles. The quantitative estimate of drug-likeness (QED) is 0.112. The number of carboxylic acid groups (broad SMARTS) is 1. The van der Waals surface area contributed by atoms with Crippen molar-refractivity contribution in [3.63, 3.8) is 0 Å². The fourth-order valence-corrected chi connectivity index (χ4v) is 3.38. The lowest BCUT2D eigenvalue weighted by atomic mass is 10.1. The third-order valence-corrected chi connectivity index (χ3v) is 5.62. The zero-order valence-electron chi connectivity index (χ0n) is 19.5. The van der Waals surface area contributed by atoms with Gasteiger partial charge < -0.3 is 42.6 Å². The number of aromatic amines is 1. The van der Waals surface area contributed by atoms with Crippen molar-refractivity contribution in [2.45, 2.75) is 62.9 Å². The molecule has 0 radical (unpaired) electrons. The average molecular weight is 516 g/mol. The molecule has 0 saturated carbocycles. The van der Waals surface area contributed by atoms with E-state index in [-0.39, 0.29) is 25.7 Å². The minimum atomic E-state index is -1.34. The maximum atomic E-state index is 13.0. The number of carbonyl (C=O) groups excluding carboxylic acids is 4. The van der Waals surface area contributed by atoms with E-state index in [9.17, 15) is 34.2 Å². The Bertz CT molecular complexity index is 866. The fraction of sp³-hybridized carbons (Fsp3) is 0.600. The second-order valence-electron chi connectivity index (χ2n) is 7.86. The van der Waals surface area contributed by atoms with Crippen molar-refractivity contribution in [1.29, 1.82) is 0 Å². The zero-order chi connectivity index (χ0) is 26.5. The Morgan fingerprint density at radius 1 is 1.06 bits per heavy atom. The molecule has 0 spiro atoms. The standard InChI is InChI=1S/C20H33N7O7S/c1-10(28)16(22)19(32)25-12(3-4-15(21)29)17(30)27-14(7-11-8-23-9-24-11)18(31)26-13(20(33)34)5-6-35-2/h8-10,12-14,16,28H,3-7,22H2,1-2H3,(H2,21,29)(H,23,24)(H,25,32)(H,26,31)(H,27,30)(H,33,34). The minimum Gasteiger partial charge on any atom is -0.480 e. The first-order valence-corrected chi connectivity index (χ1v) is 12.2. The Balaban J connectivity index is 3.07. The largest absolute Gasteiger partial charge is 0.480 e. The first-order valence-electron chi connectivity index (χ1n) is 10.8. The first-order chi connectivity index (χ1) is 16.5. The molecule has 196 valence electrons. The van der Waals surface area contributed by atoms with Crippen LogP contribution >= 0.6 is 11.8 Å². The first kappa shape index (κ1) is 29.9. The number of amides is 4. The highest BCUT2D eigenvalue weighted by Gasteiger charge is 2.31. The number of aliphatic carboxylic acids is 1. The summed E-state index contributed by atoms with van der Waals surface area (Å²) in [6, 6.07) is -5.05. The third-order valence-electron chi connectivity index (χ3n) is 4.97.